The minimum absolute atomic E-state index is 0.141. The predicted molar refractivity (Wildman–Crippen MR) is 113 cm³/mol. The molecule has 5 heteroatoms. The lowest BCUT2D eigenvalue weighted by molar-refractivity contribution is -0.161. The van der Waals surface area contributed by atoms with Crippen LogP contribution in [0.2, 0.25) is 0 Å². The SMILES string of the molecule is C=C1C[C@H]2[C@@H]3CCC(=O)[C@@]3(C)CC[C@@H]2[C@@]2(C)CC/C(=N/O[C@@H]3CCNC3)C[C@]12O. The van der Waals surface area contributed by atoms with Gasteiger partial charge in [0.05, 0.1) is 11.3 Å². The van der Waals surface area contributed by atoms with Crippen molar-refractivity contribution < 1.29 is 14.7 Å². The van der Waals surface area contributed by atoms with Gasteiger partial charge in [-0.25, -0.2) is 0 Å². The molecule has 0 radical (unpaired) electrons. The quantitative estimate of drug-likeness (QED) is 0.549. The zero-order valence-electron chi connectivity index (χ0n) is 18.0. The Morgan fingerprint density at radius 3 is 2.76 bits per heavy atom. The van der Waals surface area contributed by atoms with Gasteiger partial charge in [0.15, 0.2) is 0 Å². The van der Waals surface area contributed by atoms with Crippen molar-refractivity contribution in [3.8, 4) is 0 Å². The number of rotatable bonds is 2. The molecule has 4 saturated carbocycles. The van der Waals surface area contributed by atoms with Crippen LogP contribution >= 0.6 is 0 Å². The third-order valence-electron chi connectivity index (χ3n) is 9.72. The first-order valence-electron chi connectivity index (χ1n) is 11.6. The van der Waals surface area contributed by atoms with E-state index in [2.05, 4.69) is 30.9 Å². The number of aliphatic hydroxyl groups is 1. The summed E-state index contributed by atoms with van der Waals surface area (Å²) in [5, 5.41) is 19.7. The lowest BCUT2D eigenvalue weighted by Crippen LogP contribution is -2.63. The molecule has 0 unspecified atom stereocenters. The summed E-state index contributed by atoms with van der Waals surface area (Å²) < 4.78 is 0. The van der Waals surface area contributed by atoms with Crippen LogP contribution in [0.25, 0.3) is 0 Å². The van der Waals surface area contributed by atoms with Crippen LogP contribution in [0, 0.1) is 28.6 Å². The highest BCUT2D eigenvalue weighted by Crippen LogP contribution is 2.67. The van der Waals surface area contributed by atoms with E-state index in [4.69, 9.17) is 4.84 Å². The lowest BCUT2D eigenvalue weighted by atomic mass is 9.43. The van der Waals surface area contributed by atoms with Crippen LogP contribution < -0.4 is 5.32 Å². The lowest BCUT2D eigenvalue weighted by Gasteiger charge is -2.63. The van der Waals surface area contributed by atoms with Gasteiger partial charge in [0.2, 0.25) is 0 Å². The molecule has 0 amide bonds. The molecular formula is C24H36N2O3. The van der Waals surface area contributed by atoms with E-state index < -0.39 is 5.60 Å². The van der Waals surface area contributed by atoms with Gasteiger partial charge in [-0.05, 0) is 68.4 Å². The third-order valence-corrected chi connectivity index (χ3v) is 9.72. The van der Waals surface area contributed by atoms with E-state index in [9.17, 15) is 9.90 Å². The number of hydrogen-bond donors (Lipinski definition) is 2. The number of nitrogens with one attached hydrogen (secondary N) is 1. The maximum absolute atomic E-state index is 12.6. The molecule has 4 aliphatic carbocycles. The fraction of sp³-hybridized carbons (Fsp3) is 0.833. The molecule has 5 rings (SSSR count). The summed E-state index contributed by atoms with van der Waals surface area (Å²) in [7, 11) is 0. The van der Waals surface area contributed by atoms with Gasteiger partial charge in [0.1, 0.15) is 11.9 Å². The summed E-state index contributed by atoms with van der Waals surface area (Å²) in [6.07, 6.45) is 8.14. The number of carbonyl (C=O) groups is 1. The fourth-order valence-corrected chi connectivity index (χ4v) is 7.75. The van der Waals surface area contributed by atoms with E-state index >= 15 is 0 Å². The molecule has 0 spiro atoms. The Hall–Kier alpha value is -1.20. The van der Waals surface area contributed by atoms with Crippen LogP contribution in [-0.4, -0.2) is 41.4 Å². The van der Waals surface area contributed by atoms with Gasteiger partial charge in [-0.3, -0.25) is 4.79 Å². The Balaban J connectivity index is 1.40. The molecule has 29 heavy (non-hydrogen) atoms. The Kier molecular flexibility index (Phi) is 4.53. The van der Waals surface area contributed by atoms with Gasteiger partial charge < -0.3 is 15.3 Å². The summed E-state index contributed by atoms with van der Waals surface area (Å²) in [5.74, 6) is 1.87. The van der Waals surface area contributed by atoms with Crippen molar-refractivity contribution in [2.45, 2.75) is 83.3 Å². The van der Waals surface area contributed by atoms with Crippen LogP contribution in [0.15, 0.2) is 17.3 Å². The molecule has 1 heterocycles. The van der Waals surface area contributed by atoms with E-state index in [1.54, 1.807) is 0 Å². The second-order valence-corrected chi connectivity index (χ2v) is 10.9. The number of hydrogen-bond acceptors (Lipinski definition) is 5. The molecule has 0 aromatic heterocycles. The normalized spacial score (nSPS) is 50.9. The minimum Gasteiger partial charge on any atom is -0.391 e. The van der Waals surface area contributed by atoms with Crippen molar-refractivity contribution in [2.75, 3.05) is 13.1 Å². The number of Topliss-reactive ketones (excluding diaryl/α,β-unsaturated/α-hetero) is 1. The van der Waals surface area contributed by atoms with Gasteiger partial charge in [-0.1, -0.05) is 25.6 Å². The number of fused-ring (bicyclic) bond motifs is 5. The molecule has 0 bridgehead atoms. The van der Waals surface area contributed by atoms with Gasteiger partial charge in [0, 0.05) is 36.6 Å². The number of carbonyl (C=O) groups excluding carboxylic acids is 1. The summed E-state index contributed by atoms with van der Waals surface area (Å²) in [6.45, 7) is 10.7. The summed E-state index contributed by atoms with van der Waals surface area (Å²) in [6, 6.07) is 0. The Bertz CT molecular complexity index is 757. The van der Waals surface area contributed by atoms with Crippen LogP contribution in [-0.2, 0) is 9.63 Å². The molecule has 5 fully saturated rings. The van der Waals surface area contributed by atoms with Crippen LogP contribution in [0.1, 0.15) is 71.6 Å². The minimum atomic E-state index is -0.904. The van der Waals surface area contributed by atoms with Gasteiger partial charge in [0.25, 0.3) is 0 Å². The van der Waals surface area contributed by atoms with Crippen molar-refractivity contribution >= 4 is 11.5 Å². The van der Waals surface area contributed by atoms with Gasteiger partial charge in [-0.15, -0.1) is 0 Å². The monoisotopic (exact) mass is 400 g/mol. The maximum atomic E-state index is 12.6. The summed E-state index contributed by atoms with van der Waals surface area (Å²) >= 11 is 0. The second kappa shape index (κ2) is 6.65. The molecule has 5 nitrogen and oxygen atoms in total. The number of nitrogens with zero attached hydrogens (tertiary/aromatic N) is 1. The van der Waals surface area contributed by atoms with E-state index in [1.165, 1.54) is 0 Å². The first-order valence-corrected chi connectivity index (χ1v) is 11.6. The van der Waals surface area contributed by atoms with Gasteiger partial charge >= 0.3 is 0 Å². The average molecular weight is 401 g/mol. The zero-order valence-corrected chi connectivity index (χ0v) is 18.0. The summed E-state index contributed by atoms with van der Waals surface area (Å²) in [5.41, 5.74) is 0.706. The molecule has 1 saturated heterocycles. The molecule has 7 atom stereocenters. The average Bonchev–Trinajstić information content (AvgIpc) is 3.31. The van der Waals surface area contributed by atoms with Crippen molar-refractivity contribution in [3.63, 3.8) is 0 Å². The highest BCUT2D eigenvalue weighted by molar-refractivity contribution is 5.88. The largest absolute Gasteiger partial charge is 0.391 e. The molecule has 5 aliphatic rings. The first-order chi connectivity index (χ1) is 13.8. The first kappa shape index (κ1) is 19.7. The molecular weight excluding hydrogens is 364 g/mol. The van der Waals surface area contributed by atoms with Crippen LogP contribution in [0.3, 0.4) is 0 Å². The molecule has 2 N–H and O–H groups in total. The molecule has 1 aliphatic heterocycles. The highest BCUT2D eigenvalue weighted by atomic mass is 16.6. The Morgan fingerprint density at radius 2 is 2.00 bits per heavy atom. The molecule has 0 aromatic carbocycles. The van der Waals surface area contributed by atoms with Crippen LogP contribution in [0.4, 0.5) is 0 Å². The highest BCUT2D eigenvalue weighted by Gasteiger charge is 2.65. The Morgan fingerprint density at radius 1 is 1.17 bits per heavy atom. The van der Waals surface area contributed by atoms with E-state index in [-0.39, 0.29) is 16.9 Å². The van der Waals surface area contributed by atoms with E-state index in [0.29, 0.717) is 30.0 Å². The predicted octanol–water partition coefficient (Wildman–Crippen LogP) is 3.61. The zero-order chi connectivity index (χ0) is 20.4. The number of ketones is 1. The molecule has 0 aromatic rings. The van der Waals surface area contributed by atoms with Crippen molar-refractivity contribution in [1.82, 2.24) is 5.32 Å². The van der Waals surface area contributed by atoms with Crippen molar-refractivity contribution in [1.29, 1.82) is 0 Å². The van der Waals surface area contributed by atoms with E-state index in [1.807, 2.05) is 0 Å². The third kappa shape index (κ3) is 2.72. The fourth-order valence-electron chi connectivity index (χ4n) is 7.75. The molecule has 160 valence electrons. The Labute approximate surface area is 174 Å². The van der Waals surface area contributed by atoms with Crippen molar-refractivity contribution in [3.05, 3.63) is 12.2 Å². The van der Waals surface area contributed by atoms with Gasteiger partial charge in [-0.2, -0.15) is 0 Å². The standard InChI is InChI=1S/C24H36N2O3/c1-15-12-18-19-4-5-21(27)22(19,2)9-7-20(18)23(3)10-6-16(13-24(15,23)28)26-29-17-8-11-25-14-17/h17-20,25,28H,1,4-14H2,2-3H3/b26-16-/t17-,18+,19+,20+,22+,23-,24+/m1/s1. The second-order valence-electron chi connectivity index (χ2n) is 10.9. The smallest absolute Gasteiger partial charge is 0.141 e. The van der Waals surface area contributed by atoms with Crippen molar-refractivity contribution in [2.24, 2.45) is 33.7 Å². The van der Waals surface area contributed by atoms with Crippen LogP contribution in [0.5, 0.6) is 0 Å². The topological polar surface area (TPSA) is 70.9 Å². The van der Waals surface area contributed by atoms with E-state index in [0.717, 1.165) is 75.7 Å². The summed E-state index contributed by atoms with van der Waals surface area (Å²) in [4.78, 5) is 18.4. The number of oxime groups is 1. The maximum Gasteiger partial charge on any atom is 0.141 e.